The van der Waals surface area contributed by atoms with E-state index in [1.54, 1.807) is 0 Å². The van der Waals surface area contributed by atoms with Gasteiger partial charge < -0.3 is 4.74 Å². The summed E-state index contributed by atoms with van der Waals surface area (Å²) in [7, 11) is 1.26. The van der Waals surface area contributed by atoms with Gasteiger partial charge >= 0.3 is 0 Å². The topological polar surface area (TPSA) is 86.5 Å². The Morgan fingerprint density at radius 2 is 2.19 bits per heavy atom. The summed E-state index contributed by atoms with van der Waals surface area (Å²) in [5, 5.41) is 9.72. The Hall–Kier alpha value is -1.95. The van der Waals surface area contributed by atoms with Crippen LogP contribution in [0.2, 0.25) is 0 Å². The highest BCUT2D eigenvalue weighted by Crippen LogP contribution is 2.28. The van der Waals surface area contributed by atoms with Gasteiger partial charge in [-0.25, -0.2) is 0 Å². The molecular formula is C9H6ClNO5. The second-order valence-electron chi connectivity index (χ2n) is 2.76. The number of carbonyl (C=O) groups is 2. The first-order valence-corrected chi connectivity index (χ1v) is 4.40. The summed E-state index contributed by atoms with van der Waals surface area (Å²) in [5.74, 6) is 0.0210. The fourth-order valence-electron chi connectivity index (χ4n) is 1.16. The van der Waals surface area contributed by atoms with E-state index in [0.29, 0.717) is 6.29 Å². The van der Waals surface area contributed by atoms with E-state index in [1.165, 1.54) is 7.11 Å². The maximum atomic E-state index is 11.0. The van der Waals surface area contributed by atoms with Crippen molar-refractivity contribution in [2.75, 3.05) is 7.11 Å². The molecule has 0 heterocycles. The smallest absolute Gasteiger partial charge is 0.280 e. The molecule has 0 aromatic heterocycles. The van der Waals surface area contributed by atoms with E-state index < -0.39 is 15.9 Å². The van der Waals surface area contributed by atoms with Crippen LogP contribution < -0.4 is 4.74 Å². The van der Waals surface area contributed by atoms with Gasteiger partial charge in [-0.2, -0.15) is 0 Å². The van der Waals surface area contributed by atoms with Crippen LogP contribution in [0.5, 0.6) is 5.75 Å². The molecule has 0 aliphatic rings. The van der Waals surface area contributed by atoms with Gasteiger partial charge in [0.05, 0.1) is 23.2 Å². The van der Waals surface area contributed by atoms with Gasteiger partial charge in [-0.15, -0.1) is 0 Å². The summed E-state index contributed by atoms with van der Waals surface area (Å²) in [4.78, 5) is 31.4. The lowest BCUT2D eigenvalue weighted by Gasteiger charge is -2.05. The van der Waals surface area contributed by atoms with Crippen molar-refractivity contribution in [3.63, 3.8) is 0 Å². The highest BCUT2D eigenvalue weighted by atomic mass is 35.5. The van der Waals surface area contributed by atoms with Crippen molar-refractivity contribution in [1.82, 2.24) is 0 Å². The molecule has 0 radical (unpaired) electrons. The van der Waals surface area contributed by atoms with Crippen molar-refractivity contribution >= 4 is 28.8 Å². The molecule has 84 valence electrons. The third kappa shape index (κ3) is 2.17. The standard InChI is InChI=1S/C9H6ClNO5/c1-16-8-2-5(4-12)7(11(14)15)3-6(8)9(10)13/h2-4H,1H3. The Morgan fingerprint density at radius 3 is 2.56 bits per heavy atom. The van der Waals surface area contributed by atoms with E-state index in [2.05, 4.69) is 0 Å². The number of benzene rings is 1. The number of nitro groups is 1. The second kappa shape index (κ2) is 4.71. The van der Waals surface area contributed by atoms with Crippen LogP contribution >= 0.6 is 11.6 Å². The predicted octanol–water partition coefficient (Wildman–Crippen LogP) is 1.79. The normalized spacial score (nSPS) is 9.62. The number of ether oxygens (including phenoxy) is 1. The number of aldehydes is 1. The zero-order valence-corrected chi connectivity index (χ0v) is 8.85. The summed E-state index contributed by atoms with van der Waals surface area (Å²) in [6.45, 7) is 0. The minimum Gasteiger partial charge on any atom is -0.496 e. The van der Waals surface area contributed by atoms with Crippen molar-refractivity contribution < 1.29 is 19.2 Å². The van der Waals surface area contributed by atoms with Gasteiger partial charge in [-0.05, 0) is 17.7 Å². The average Bonchev–Trinajstić information content (AvgIpc) is 2.26. The number of carbonyl (C=O) groups excluding carboxylic acids is 2. The average molecular weight is 244 g/mol. The number of halogens is 1. The molecule has 0 unspecified atom stereocenters. The van der Waals surface area contributed by atoms with Crippen LogP contribution in [-0.2, 0) is 0 Å². The quantitative estimate of drug-likeness (QED) is 0.348. The van der Waals surface area contributed by atoms with E-state index in [9.17, 15) is 19.7 Å². The molecule has 16 heavy (non-hydrogen) atoms. The minimum atomic E-state index is -0.891. The first-order valence-electron chi connectivity index (χ1n) is 4.02. The third-order valence-corrected chi connectivity index (χ3v) is 2.09. The van der Waals surface area contributed by atoms with Crippen LogP contribution in [0.3, 0.4) is 0 Å². The molecule has 1 rings (SSSR count). The van der Waals surface area contributed by atoms with E-state index in [1.807, 2.05) is 0 Å². The van der Waals surface area contributed by atoms with Gasteiger partial charge in [0.15, 0.2) is 6.29 Å². The SMILES string of the molecule is COc1cc(C=O)c([N+](=O)[O-])cc1C(=O)Cl. The lowest BCUT2D eigenvalue weighted by molar-refractivity contribution is -0.385. The van der Waals surface area contributed by atoms with E-state index in [0.717, 1.165) is 12.1 Å². The van der Waals surface area contributed by atoms with Crippen LogP contribution in [0, 0.1) is 10.1 Å². The van der Waals surface area contributed by atoms with Crippen molar-refractivity contribution in [3.05, 3.63) is 33.4 Å². The lowest BCUT2D eigenvalue weighted by atomic mass is 10.1. The number of nitro benzene ring substituents is 1. The Kier molecular flexibility index (Phi) is 3.57. The molecule has 0 saturated carbocycles. The predicted molar refractivity (Wildman–Crippen MR) is 55.2 cm³/mol. The molecule has 0 bridgehead atoms. The number of hydrogen-bond acceptors (Lipinski definition) is 5. The second-order valence-corrected chi connectivity index (χ2v) is 3.10. The number of rotatable bonds is 4. The maximum absolute atomic E-state index is 11.0. The molecule has 0 fully saturated rings. The summed E-state index contributed by atoms with van der Waals surface area (Å²) in [6, 6.07) is 2.01. The maximum Gasteiger partial charge on any atom is 0.280 e. The Morgan fingerprint density at radius 1 is 1.56 bits per heavy atom. The highest BCUT2D eigenvalue weighted by molar-refractivity contribution is 6.68. The van der Waals surface area contributed by atoms with Gasteiger partial charge in [0.25, 0.3) is 10.9 Å². The van der Waals surface area contributed by atoms with Gasteiger partial charge in [0.2, 0.25) is 0 Å². The van der Waals surface area contributed by atoms with Crippen LogP contribution in [-0.4, -0.2) is 23.6 Å². The van der Waals surface area contributed by atoms with Crippen LogP contribution in [0.15, 0.2) is 12.1 Å². The van der Waals surface area contributed by atoms with Crippen molar-refractivity contribution in [2.45, 2.75) is 0 Å². The molecule has 6 nitrogen and oxygen atoms in total. The molecular weight excluding hydrogens is 238 g/mol. The van der Waals surface area contributed by atoms with Gasteiger partial charge in [0, 0.05) is 6.07 Å². The fraction of sp³-hybridized carbons (Fsp3) is 0.111. The Balaban J connectivity index is 3.52. The monoisotopic (exact) mass is 243 g/mol. The van der Waals surface area contributed by atoms with Gasteiger partial charge in [-0.3, -0.25) is 19.7 Å². The van der Waals surface area contributed by atoms with Crippen LogP contribution in [0.4, 0.5) is 5.69 Å². The highest BCUT2D eigenvalue weighted by Gasteiger charge is 2.21. The minimum absolute atomic E-state index is 0.0210. The summed E-state index contributed by atoms with van der Waals surface area (Å²) in [6.07, 6.45) is 0.309. The Bertz CT molecular complexity index is 471. The molecule has 1 aromatic rings. The fourth-order valence-corrected chi connectivity index (χ4v) is 1.31. The summed E-state index contributed by atoms with van der Waals surface area (Å²) >= 11 is 5.23. The van der Waals surface area contributed by atoms with Crippen LogP contribution in [0.25, 0.3) is 0 Å². The molecule has 0 amide bonds. The first kappa shape index (κ1) is 12.1. The molecule has 0 atom stereocenters. The third-order valence-electron chi connectivity index (χ3n) is 1.88. The molecule has 1 aromatic carbocycles. The number of hydrogen-bond donors (Lipinski definition) is 0. The number of methoxy groups -OCH3 is 1. The molecule has 0 spiro atoms. The Labute approximate surface area is 94.9 Å². The van der Waals surface area contributed by atoms with E-state index in [4.69, 9.17) is 16.3 Å². The molecule has 0 N–H and O–H groups in total. The van der Waals surface area contributed by atoms with Crippen molar-refractivity contribution in [2.24, 2.45) is 0 Å². The molecule has 0 aliphatic carbocycles. The van der Waals surface area contributed by atoms with Crippen molar-refractivity contribution in [3.8, 4) is 5.75 Å². The zero-order chi connectivity index (χ0) is 12.3. The molecule has 7 heteroatoms. The van der Waals surface area contributed by atoms with Gasteiger partial charge in [0.1, 0.15) is 5.75 Å². The zero-order valence-electron chi connectivity index (χ0n) is 8.10. The molecule has 0 saturated heterocycles. The van der Waals surface area contributed by atoms with Gasteiger partial charge in [-0.1, -0.05) is 0 Å². The molecule has 0 aliphatic heterocycles. The number of nitrogens with zero attached hydrogens (tertiary/aromatic N) is 1. The van der Waals surface area contributed by atoms with E-state index >= 15 is 0 Å². The van der Waals surface area contributed by atoms with Crippen molar-refractivity contribution in [1.29, 1.82) is 0 Å². The lowest BCUT2D eigenvalue weighted by Crippen LogP contribution is -2.01. The first-order chi connectivity index (χ1) is 7.51. The van der Waals surface area contributed by atoms with Crippen LogP contribution in [0.1, 0.15) is 20.7 Å². The summed E-state index contributed by atoms with van der Waals surface area (Å²) in [5.41, 5.74) is -0.815. The summed E-state index contributed by atoms with van der Waals surface area (Å²) < 4.78 is 4.80. The van der Waals surface area contributed by atoms with E-state index in [-0.39, 0.29) is 16.9 Å². The largest absolute Gasteiger partial charge is 0.496 e.